The zero-order valence-electron chi connectivity index (χ0n) is 12.7. The van der Waals surface area contributed by atoms with Gasteiger partial charge in [0.1, 0.15) is 12.7 Å². The molecule has 23 heavy (non-hydrogen) atoms. The highest BCUT2D eigenvalue weighted by atomic mass is 32.2. The summed E-state index contributed by atoms with van der Waals surface area (Å²) in [6.45, 7) is 0.968. The van der Waals surface area contributed by atoms with Crippen molar-refractivity contribution in [1.29, 1.82) is 0 Å². The van der Waals surface area contributed by atoms with E-state index in [0.29, 0.717) is 6.61 Å². The van der Waals surface area contributed by atoms with Crippen molar-refractivity contribution in [2.45, 2.75) is 23.6 Å². The number of alkyl carbamates (subject to hydrolysis) is 1. The summed E-state index contributed by atoms with van der Waals surface area (Å²) < 4.78 is 10.6. The number of carbonyl (C=O) groups excluding carboxylic acids is 1. The molecule has 2 aromatic rings. The number of epoxide rings is 1. The fourth-order valence-electron chi connectivity index (χ4n) is 2.15. The number of nitrogens with one attached hydrogen (secondary N) is 1. The largest absolute Gasteiger partial charge is 0.445 e. The zero-order valence-corrected chi connectivity index (χ0v) is 13.5. The molecule has 1 saturated heterocycles. The number of thioether (sulfide) groups is 1. The normalized spacial score (nSPS) is 17.3. The number of hydrogen-bond donors (Lipinski definition) is 1. The molecule has 1 N–H and O–H groups in total. The van der Waals surface area contributed by atoms with E-state index in [1.165, 1.54) is 4.90 Å². The van der Waals surface area contributed by atoms with Crippen LogP contribution in [0.5, 0.6) is 0 Å². The van der Waals surface area contributed by atoms with Crippen molar-refractivity contribution in [2.75, 3.05) is 12.4 Å². The van der Waals surface area contributed by atoms with Gasteiger partial charge >= 0.3 is 6.09 Å². The number of benzene rings is 2. The minimum absolute atomic E-state index is 0.0384. The first kappa shape index (κ1) is 15.9. The third kappa shape index (κ3) is 5.30. The molecule has 0 aromatic heterocycles. The van der Waals surface area contributed by atoms with E-state index in [2.05, 4.69) is 17.4 Å². The van der Waals surface area contributed by atoms with Crippen LogP contribution in [0.1, 0.15) is 5.56 Å². The molecule has 1 heterocycles. The van der Waals surface area contributed by atoms with Gasteiger partial charge in [-0.3, -0.25) is 0 Å². The van der Waals surface area contributed by atoms with Gasteiger partial charge in [0.25, 0.3) is 0 Å². The lowest BCUT2D eigenvalue weighted by Gasteiger charge is -2.16. The second-order valence-corrected chi connectivity index (χ2v) is 6.40. The Morgan fingerprint density at radius 2 is 1.83 bits per heavy atom. The molecular weight excluding hydrogens is 310 g/mol. The van der Waals surface area contributed by atoms with Gasteiger partial charge in [0, 0.05) is 10.6 Å². The standard InChI is InChI=1S/C18H19NO3S/c20-18(22-11-14-7-3-1-4-8-14)19-16(17-12-21-17)13-23-15-9-5-2-6-10-15/h1-10,16-17H,11-13H2,(H,19,20)/t16-,17-/m1/s1. The summed E-state index contributed by atoms with van der Waals surface area (Å²) in [5, 5.41) is 2.91. The molecule has 0 unspecified atom stereocenters. The van der Waals surface area contributed by atoms with Gasteiger partial charge in [0.05, 0.1) is 12.6 Å². The van der Waals surface area contributed by atoms with Gasteiger partial charge in [-0.2, -0.15) is 0 Å². The maximum atomic E-state index is 12.0. The second kappa shape index (κ2) is 8.04. The number of hydrogen-bond acceptors (Lipinski definition) is 4. The van der Waals surface area contributed by atoms with Gasteiger partial charge in [0.15, 0.2) is 0 Å². The first-order valence-corrected chi connectivity index (χ1v) is 8.56. The highest BCUT2D eigenvalue weighted by Crippen LogP contribution is 2.23. The molecule has 4 nitrogen and oxygen atoms in total. The van der Waals surface area contributed by atoms with Gasteiger partial charge in [-0.15, -0.1) is 11.8 Å². The quantitative estimate of drug-likeness (QED) is 0.624. The summed E-state index contributed by atoms with van der Waals surface area (Å²) in [7, 11) is 0. The van der Waals surface area contributed by atoms with Crippen LogP contribution < -0.4 is 5.32 Å². The van der Waals surface area contributed by atoms with E-state index in [1.807, 2.05) is 48.5 Å². The van der Waals surface area contributed by atoms with Crippen LogP contribution in [0.4, 0.5) is 4.79 Å². The van der Waals surface area contributed by atoms with Crippen molar-refractivity contribution in [1.82, 2.24) is 5.32 Å². The lowest BCUT2D eigenvalue weighted by Crippen LogP contribution is -2.40. The summed E-state index contributed by atoms with van der Waals surface area (Å²) in [5.41, 5.74) is 0.973. The highest BCUT2D eigenvalue weighted by molar-refractivity contribution is 7.99. The fourth-order valence-corrected chi connectivity index (χ4v) is 3.17. The Labute approximate surface area is 140 Å². The first-order chi connectivity index (χ1) is 11.3. The molecule has 0 saturated carbocycles. The Morgan fingerprint density at radius 3 is 2.48 bits per heavy atom. The van der Waals surface area contributed by atoms with Crippen LogP contribution in [0.25, 0.3) is 0 Å². The molecule has 1 aliphatic heterocycles. The number of carbonyl (C=O) groups is 1. The van der Waals surface area contributed by atoms with Crippen LogP contribution >= 0.6 is 11.8 Å². The average molecular weight is 329 g/mol. The van der Waals surface area contributed by atoms with Gasteiger partial charge in [0.2, 0.25) is 0 Å². The van der Waals surface area contributed by atoms with E-state index in [4.69, 9.17) is 9.47 Å². The summed E-state index contributed by atoms with van der Waals surface area (Å²) >= 11 is 1.70. The lowest BCUT2D eigenvalue weighted by atomic mass is 10.2. The Hall–Kier alpha value is -1.98. The smallest absolute Gasteiger partial charge is 0.407 e. The molecule has 0 aliphatic carbocycles. The lowest BCUT2D eigenvalue weighted by molar-refractivity contribution is 0.134. The van der Waals surface area contributed by atoms with Crippen LogP contribution in [0, 0.1) is 0 Å². The van der Waals surface area contributed by atoms with E-state index in [-0.39, 0.29) is 18.8 Å². The average Bonchev–Trinajstić information content (AvgIpc) is 3.43. The molecule has 3 rings (SSSR count). The van der Waals surface area contributed by atoms with Gasteiger partial charge in [-0.05, 0) is 17.7 Å². The van der Waals surface area contributed by atoms with Crippen LogP contribution in [0.3, 0.4) is 0 Å². The van der Waals surface area contributed by atoms with Crippen LogP contribution in [-0.2, 0) is 16.1 Å². The van der Waals surface area contributed by atoms with Crippen LogP contribution in [0.2, 0.25) is 0 Å². The van der Waals surface area contributed by atoms with Gasteiger partial charge in [-0.25, -0.2) is 4.79 Å². The van der Waals surface area contributed by atoms with E-state index in [0.717, 1.165) is 11.3 Å². The number of ether oxygens (including phenoxy) is 2. The summed E-state index contributed by atoms with van der Waals surface area (Å²) in [6, 6.07) is 19.7. The van der Waals surface area contributed by atoms with Crippen LogP contribution in [0.15, 0.2) is 65.6 Å². The minimum Gasteiger partial charge on any atom is -0.445 e. The van der Waals surface area contributed by atoms with Crippen molar-refractivity contribution in [2.24, 2.45) is 0 Å². The van der Waals surface area contributed by atoms with E-state index >= 15 is 0 Å². The zero-order chi connectivity index (χ0) is 15.9. The number of amides is 1. The highest BCUT2D eigenvalue weighted by Gasteiger charge is 2.34. The van der Waals surface area contributed by atoms with Gasteiger partial charge in [-0.1, -0.05) is 48.5 Å². The molecular formula is C18H19NO3S. The third-order valence-corrected chi connectivity index (χ3v) is 4.63. The maximum Gasteiger partial charge on any atom is 0.407 e. The number of rotatable bonds is 7. The monoisotopic (exact) mass is 329 g/mol. The van der Waals surface area contributed by atoms with Gasteiger partial charge < -0.3 is 14.8 Å². The van der Waals surface area contributed by atoms with Crippen molar-refractivity contribution in [3.05, 3.63) is 66.2 Å². The molecule has 1 amide bonds. The van der Waals surface area contributed by atoms with E-state index in [9.17, 15) is 4.79 Å². The topological polar surface area (TPSA) is 50.9 Å². The SMILES string of the molecule is O=C(N[C@H](CSc1ccccc1)[C@H]1CO1)OCc1ccccc1. The third-order valence-electron chi connectivity index (χ3n) is 3.50. The second-order valence-electron chi connectivity index (χ2n) is 5.31. The molecule has 120 valence electrons. The van der Waals surface area contributed by atoms with Crippen LogP contribution in [-0.4, -0.2) is 30.6 Å². The Morgan fingerprint density at radius 1 is 1.17 bits per heavy atom. The molecule has 0 bridgehead atoms. The van der Waals surface area contributed by atoms with Crippen molar-refractivity contribution in [3.63, 3.8) is 0 Å². The Balaban J connectivity index is 1.46. The molecule has 5 heteroatoms. The predicted molar refractivity (Wildman–Crippen MR) is 90.5 cm³/mol. The molecule has 0 radical (unpaired) electrons. The fraction of sp³-hybridized carbons (Fsp3) is 0.278. The van der Waals surface area contributed by atoms with E-state index in [1.54, 1.807) is 11.8 Å². The van der Waals surface area contributed by atoms with E-state index < -0.39 is 6.09 Å². The molecule has 0 spiro atoms. The summed E-state index contributed by atoms with van der Waals surface area (Å²) in [6.07, 6.45) is -0.307. The summed E-state index contributed by atoms with van der Waals surface area (Å²) in [5.74, 6) is 0.759. The van der Waals surface area contributed by atoms with Crippen molar-refractivity contribution < 1.29 is 14.3 Å². The predicted octanol–water partition coefficient (Wildman–Crippen LogP) is 3.47. The summed E-state index contributed by atoms with van der Waals surface area (Å²) in [4.78, 5) is 13.2. The first-order valence-electron chi connectivity index (χ1n) is 7.58. The van der Waals surface area contributed by atoms with Crippen molar-refractivity contribution in [3.8, 4) is 0 Å². The molecule has 2 aromatic carbocycles. The Bertz CT molecular complexity index is 617. The maximum absolute atomic E-state index is 12.0. The van der Waals surface area contributed by atoms with Crippen molar-refractivity contribution >= 4 is 17.9 Å². The molecule has 2 atom stereocenters. The Kier molecular flexibility index (Phi) is 5.56. The molecule has 1 aliphatic rings. The molecule has 1 fully saturated rings. The minimum atomic E-state index is -0.400.